The summed E-state index contributed by atoms with van der Waals surface area (Å²) < 4.78 is 23.0. The van der Waals surface area contributed by atoms with Crippen LogP contribution in [0.3, 0.4) is 0 Å². The Balaban J connectivity index is 1.55. The molecule has 40 heavy (non-hydrogen) atoms. The number of para-hydroxylation sites is 1. The van der Waals surface area contributed by atoms with Crippen LogP contribution in [0.15, 0.2) is 58.7 Å². The van der Waals surface area contributed by atoms with E-state index in [1.165, 1.54) is 6.42 Å². The van der Waals surface area contributed by atoms with Crippen LogP contribution in [0, 0.1) is 5.92 Å². The predicted octanol–water partition coefficient (Wildman–Crippen LogP) is 6.55. The molecule has 0 radical (unpaired) electrons. The quantitative estimate of drug-likeness (QED) is 0.350. The number of esters is 1. The van der Waals surface area contributed by atoms with Gasteiger partial charge in [0.1, 0.15) is 17.6 Å². The fourth-order valence-electron chi connectivity index (χ4n) is 6.54. The smallest absolute Gasteiger partial charge is 0.336 e. The minimum atomic E-state index is -0.546. The molecule has 0 spiro atoms. The Morgan fingerprint density at radius 1 is 0.925 bits per heavy atom. The molecule has 1 aliphatic heterocycles. The Kier molecular flexibility index (Phi) is 8.57. The number of aliphatic imine (C=N–C) groups is 1. The third-order valence-corrected chi connectivity index (χ3v) is 8.43. The van der Waals surface area contributed by atoms with Crippen molar-refractivity contribution in [2.45, 2.75) is 76.7 Å². The van der Waals surface area contributed by atoms with Gasteiger partial charge in [0.25, 0.3) is 0 Å². The molecule has 1 unspecified atom stereocenters. The van der Waals surface area contributed by atoms with Gasteiger partial charge >= 0.3 is 5.97 Å². The van der Waals surface area contributed by atoms with Crippen LogP contribution in [0.5, 0.6) is 17.2 Å². The summed E-state index contributed by atoms with van der Waals surface area (Å²) in [5.74, 6) is 0.562. The summed E-state index contributed by atoms with van der Waals surface area (Å²) in [7, 11) is 3.21. The first kappa shape index (κ1) is 27.9. The van der Waals surface area contributed by atoms with Gasteiger partial charge in [-0.15, -0.1) is 0 Å². The molecule has 0 amide bonds. The number of methoxy groups -OCH3 is 2. The van der Waals surface area contributed by atoms with Gasteiger partial charge in [-0.05, 0) is 75.6 Å². The Hall–Kier alpha value is -3.61. The average molecular weight is 546 g/mol. The molecule has 2 aromatic carbocycles. The molecule has 2 fully saturated rings. The molecule has 0 saturated heterocycles. The van der Waals surface area contributed by atoms with Gasteiger partial charge in [-0.2, -0.15) is 0 Å². The van der Waals surface area contributed by atoms with Crippen LogP contribution in [0.2, 0.25) is 0 Å². The maximum absolute atomic E-state index is 14.1. The Morgan fingerprint density at radius 2 is 1.68 bits per heavy atom. The van der Waals surface area contributed by atoms with Gasteiger partial charge in [-0.3, -0.25) is 9.79 Å². The number of benzene rings is 2. The topological polar surface area (TPSA) is 83.4 Å². The van der Waals surface area contributed by atoms with E-state index in [1.807, 2.05) is 56.3 Å². The highest BCUT2D eigenvalue weighted by Gasteiger charge is 2.47. The van der Waals surface area contributed by atoms with E-state index in [2.05, 4.69) is 0 Å². The second kappa shape index (κ2) is 12.3. The fourth-order valence-corrected chi connectivity index (χ4v) is 6.54. The number of allylic oxidation sites excluding steroid dienone is 1. The largest absolute Gasteiger partial charge is 0.494 e. The van der Waals surface area contributed by atoms with Crippen molar-refractivity contribution >= 4 is 17.5 Å². The van der Waals surface area contributed by atoms with Crippen LogP contribution in [0.4, 0.5) is 0 Å². The summed E-state index contributed by atoms with van der Waals surface area (Å²) in [5.41, 5.74) is 3.73. The zero-order valence-corrected chi connectivity index (χ0v) is 23.9. The summed E-state index contributed by atoms with van der Waals surface area (Å²) >= 11 is 0. The predicted molar refractivity (Wildman–Crippen MR) is 153 cm³/mol. The molecule has 0 aromatic heterocycles. The fraction of sp³-hybridized carbons (Fsp3) is 0.485. The number of carbonyl (C=O) groups excluding carboxylic acids is 2. The molecule has 3 atom stereocenters. The van der Waals surface area contributed by atoms with Crippen LogP contribution in [-0.4, -0.2) is 44.4 Å². The minimum Gasteiger partial charge on any atom is -0.494 e. The van der Waals surface area contributed by atoms with Gasteiger partial charge < -0.3 is 18.9 Å². The van der Waals surface area contributed by atoms with Gasteiger partial charge in [-0.25, -0.2) is 4.79 Å². The summed E-state index contributed by atoms with van der Waals surface area (Å²) in [4.78, 5) is 32.8. The average Bonchev–Trinajstić information content (AvgIpc) is 2.97. The lowest BCUT2D eigenvalue weighted by Gasteiger charge is -2.39. The molecule has 2 aliphatic carbocycles. The van der Waals surface area contributed by atoms with Crippen molar-refractivity contribution in [2.24, 2.45) is 10.9 Å². The molecule has 1 heterocycles. The number of hydrogen-bond donors (Lipinski definition) is 0. The Bertz CT molecular complexity index is 1320. The number of Topliss-reactive ketones (excluding diaryl/α,β-unsaturated/α-hetero) is 1. The zero-order valence-electron chi connectivity index (χ0n) is 23.9. The molecular formula is C33H39NO6. The SMILES string of the molecule is CCOc1ccccc1[C@@H]1C(C(=O)OC2CCCCC2)=C(C)N=C2C[C@H](c3ccc(OC)c(OC)c3)CC(=O)C21. The van der Waals surface area contributed by atoms with Crippen LogP contribution in [0.1, 0.15) is 81.8 Å². The van der Waals surface area contributed by atoms with E-state index < -0.39 is 11.8 Å². The summed E-state index contributed by atoms with van der Waals surface area (Å²) in [5, 5.41) is 0. The van der Waals surface area contributed by atoms with Crippen molar-refractivity contribution in [2.75, 3.05) is 20.8 Å². The highest BCUT2D eigenvalue weighted by molar-refractivity contribution is 6.12. The highest BCUT2D eigenvalue weighted by atomic mass is 16.5. The summed E-state index contributed by atoms with van der Waals surface area (Å²) in [6, 6.07) is 13.5. The third kappa shape index (κ3) is 5.51. The monoisotopic (exact) mass is 545 g/mol. The highest BCUT2D eigenvalue weighted by Crippen LogP contribution is 2.48. The molecule has 5 rings (SSSR count). The van der Waals surface area contributed by atoms with Crippen LogP contribution < -0.4 is 14.2 Å². The van der Waals surface area contributed by atoms with E-state index in [1.54, 1.807) is 14.2 Å². The third-order valence-electron chi connectivity index (χ3n) is 8.43. The number of ketones is 1. The number of rotatable bonds is 8. The van der Waals surface area contributed by atoms with Gasteiger partial charge in [0, 0.05) is 29.3 Å². The summed E-state index contributed by atoms with van der Waals surface area (Å²) in [6.07, 6.45) is 5.92. The number of nitrogens with zero attached hydrogens (tertiary/aromatic N) is 1. The van der Waals surface area contributed by atoms with Gasteiger partial charge in [-0.1, -0.05) is 30.7 Å². The van der Waals surface area contributed by atoms with Crippen molar-refractivity contribution in [3.05, 3.63) is 64.9 Å². The number of fused-ring (bicyclic) bond motifs is 1. The summed E-state index contributed by atoms with van der Waals surface area (Å²) in [6.45, 7) is 4.28. The molecule has 2 aromatic rings. The first-order valence-electron chi connectivity index (χ1n) is 14.4. The first-order chi connectivity index (χ1) is 19.4. The van der Waals surface area contributed by atoms with Gasteiger partial charge in [0.15, 0.2) is 11.5 Å². The van der Waals surface area contributed by atoms with Crippen molar-refractivity contribution in [3.8, 4) is 17.2 Å². The maximum Gasteiger partial charge on any atom is 0.336 e. The van der Waals surface area contributed by atoms with Crippen molar-refractivity contribution in [1.29, 1.82) is 0 Å². The van der Waals surface area contributed by atoms with E-state index in [0.717, 1.165) is 42.5 Å². The van der Waals surface area contributed by atoms with E-state index in [4.69, 9.17) is 23.9 Å². The van der Waals surface area contributed by atoms with Crippen molar-refractivity contribution in [1.82, 2.24) is 0 Å². The number of carbonyl (C=O) groups is 2. The minimum absolute atomic E-state index is 0.0476. The second-order valence-electron chi connectivity index (χ2n) is 10.9. The van der Waals surface area contributed by atoms with E-state index in [-0.39, 0.29) is 23.8 Å². The second-order valence-corrected chi connectivity index (χ2v) is 10.9. The zero-order chi connectivity index (χ0) is 28.2. The molecule has 7 nitrogen and oxygen atoms in total. The van der Waals surface area contributed by atoms with E-state index >= 15 is 0 Å². The molecule has 0 bridgehead atoms. The van der Waals surface area contributed by atoms with Crippen molar-refractivity contribution in [3.63, 3.8) is 0 Å². The van der Waals surface area contributed by atoms with E-state index in [9.17, 15) is 9.59 Å². The lowest BCUT2D eigenvalue weighted by atomic mass is 9.66. The lowest BCUT2D eigenvalue weighted by Crippen LogP contribution is -2.41. The van der Waals surface area contributed by atoms with Gasteiger partial charge in [0.05, 0.1) is 32.3 Å². The first-order valence-corrected chi connectivity index (χ1v) is 14.4. The maximum atomic E-state index is 14.1. The standard InChI is InChI=1S/C33H39NO6/c1-5-39-27-14-10-9-13-24(27)31-30(33(36)40-23-11-7-6-8-12-23)20(2)34-25-17-22(18-26(35)32(25)31)21-15-16-28(37-3)29(19-21)38-4/h9-10,13-16,19,22-23,31-32H,5-8,11-12,17-18H2,1-4H3/t22-,31+,32?/m0/s1. The van der Waals surface area contributed by atoms with Gasteiger partial charge in [0.2, 0.25) is 0 Å². The Labute approximate surface area is 236 Å². The lowest BCUT2D eigenvalue weighted by molar-refractivity contribution is -0.146. The van der Waals surface area contributed by atoms with Crippen LogP contribution >= 0.6 is 0 Å². The molecule has 212 valence electrons. The molecule has 2 saturated carbocycles. The number of ether oxygens (including phenoxy) is 4. The molecule has 3 aliphatic rings. The molecule has 0 N–H and O–H groups in total. The Morgan fingerprint density at radius 3 is 2.40 bits per heavy atom. The normalized spacial score (nSPS) is 23.2. The van der Waals surface area contributed by atoms with Crippen LogP contribution in [-0.2, 0) is 14.3 Å². The van der Waals surface area contributed by atoms with E-state index in [0.29, 0.717) is 48.0 Å². The van der Waals surface area contributed by atoms with Crippen molar-refractivity contribution < 1.29 is 28.5 Å². The molecule has 7 heteroatoms. The number of hydrogen-bond acceptors (Lipinski definition) is 7. The molecular weight excluding hydrogens is 506 g/mol. The van der Waals surface area contributed by atoms with Crippen LogP contribution in [0.25, 0.3) is 0 Å².